The number of halogens is 1. The van der Waals surface area contributed by atoms with Crippen LogP contribution in [-0.2, 0) is 0 Å². The highest BCUT2D eigenvalue weighted by Crippen LogP contribution is 2.34. The van der Waals surface area contributed by atoms with Crippen LogP contribution in [0.1, 0.15) is 19.8 Å². The van der Waals surface area contributed by atoms with Gasteiger partial charge >= 0.3 is 0 Å². The molecule has 1 saturated carbocycles. The minimum Gasteiger partial charge on any atom is -0.353 e. The molecule has 1 aromatic carbocycles. The van der Waals surface area contributed by atoms with Gasteiger partial charge in [0.05, 0.1) is 5.52 Å². The average molecular weight is 248 g/mol. The predicted molar refractivity (Wildman–Crippen MR) is 70.6 cm³/mol. The molecule has 0 atom stereocenters. The molecule has 4 heteroatoms. The first-order valence-electron chi connectivity index (χ1n) is 5.98. The molecule has 88 valence electrons. The molecular weight excluding hydrogens is 234 g/mol. The second kappa shape index (κ2) is 4.15. The highest BCUT2D eigenvalue weighted by atomic mass is 35.5. The van der Waals surface area contributed by atoms with Crippen LogP contribution in [0.25, 0.3) is 10.9 Å². The second-order valence-electron chi connectivity index (χ2n) is 4.35. The summed E-state index contributed by atoms with van der Waals surface area (Å²) >= 11 is 6.00. The highest BCUT2D eigenvalue weighted by Gasteiger charge is 2.30. The van der Waals surface area contributed by atoms with Gasteiger partial charge in [-0.1, -0.05) is 12.1 Å². The Morgan fingerprint density at radius 1 is 1.29 bits per heavy atom. The van der Waals surface area contributed by atoms with E-state index in [0.29, 0.717) is 11.3 Å². The van der Waals surface area contributed by atoms with Crippen molar-refractivity contribution in [2.24, 2.45) is 0 Å². The van der Waals surface area contributed by atoms with Crippen molar-refractivity contribution in [1.29, 1.82) is 0 Å². The van der Waals surface area contributed by atoms with E-state index in [0.717, 1.165) is 23.3 Å². The maximum absolute atomic E-state index is 6.00. The molecule has 0 spiro atoms. The van der Waals surface area contributed by atoms with Gasteiger partial charge in [-0.05, 0) is 43.5 Å². The van der Waals surface area contributed by atoms with Crippen molar-refractivity contribution < 1.29 is 0 Å². The molecule has 1 aliphatic rings. The lowest BCUT2D eigenvalue weighted by atomic mass is 10.2. The second-order valence-corrected chi connectivity index (χ2v) is 4.69. The summed E-state index contributed by atoms with van der Waals surface area (Å²) < 4.78 is 0. The first kappa shape index (κ1) is 10.8. The molecule has 0 radical (unpaired) electrons. The number of para-hydroxylation sites is 1. The smallest absolute Gasteiger partial charge is 0.224 e. The molecule has 1 fully saturated rings. The van der Waals surface area contributed by atoms with Crippen LogP contribution in [0.15, 0.2) is 24.3 Å². The van der Waals surface area contributed by atoms with Crippen LogP contribution in [0.4, 0.5) is 5.82 Å². The molecule has 1 aromatic heterocycles. The summed E-state index contributed by atoms with van der Waals surface area (Å²) in [6.07, 6.45) is 2.51. The van der Waals surface area contributed by atoms with Gasteiger partial charge in [0.15, 0.2) is 0 Å². The largest absolute Gasteiger partial charge is 0.353 e. The molecule has 3 nitrogen and oxygen atoms in total. The fourth-order valence-electron chi connectivity index (χ4n) is 2.22. The molecule has 0 amide bonds. The fourth-order valence-corrected chi connectivity index (χ4v) is 2.39. The highest BCUT2D eigenvalue weighted by molar-refractivity contribution is 6.28. The lowest BCUT2D eigenvalue weighted by molar-refractivity contribution is 0.811. The van der Waals surface area contributed by atoms with Crippen molar-refractivity contribution in [2.75, 3.05) is 11.4 Å². The van der Waals surface area contributed by atoms with E-state index in [9.17, 15) is 0 Å². The Labute approximate surface area is 105 Å². The summed E-state index contributed by atoms with van der Waals surface area (Å²) in [6, 6.07) is 8.67. The normalized spacial score (nSPS) is 15.2. The minimum absolute atomic E-state index is 0.331. The van der Waals surface area contributed by atoms with E-state index in [1.165, 1.54) is 12.8 Å². The molecular formula is C13H14ClN3. The summed E-state index contributed by atoms with van der Waals surface area (Å²) in [5.74, 6) is 0.977. The van der Waals surface area contributed by atoms with Crippen LogP contribution in [0, 0.1) is 0 Å². The number of benzene rings is 1. The Bertz CT molecular complexity index is 551. The molecule has 0 unspecified atom stereocenters. The Kier molecular flexibility index (Phi) is 2.63. The van der Waals surface area contributed by atoms with Crippen molar-refractivity contribution >= 4 is 28.3 Å². The average Bonchev–Trinajstić information content (AvgIpc) is 3.14. The standard InChI is InChI=1S/C13H14ClN3/c1-2-17(9-7-8-9)12-10-5-3-4-6-11(10)15-13(14)16-12/h3-6,9H,2,7-8H2,1H3. The van der Waals surface area contributed by atoms with Crippen LogP contribution >= 0.6 is 11.6 Å². The molecule has 1 heterocycles. The van der Waals surface area contributed by atoms with Crippen LogP contribution < -0.4 is 4.90 Å². The van der Waals surface area contributed by atoms with Crippen LogP contribution in [0.2, 0.25) is 5.28 Å². The van der Waals surface area contributed by atoms with Gasteiger partial charge in [0.1, 0.15) is 5.82 Å². The molecule has 1 aliphatic carbocycles. The van der Waals surface area contributed by atoms with E-state index in [4.69, 9.17) is 11.6 Å². The predicted octanol–water partition coefficient (Wildman–Crippen LogP) is 3.27. The lowest BCUT2D eigenvalue weighted by Gasteiger charge is -2.22. The topological polar surface area (TPSA) is 29.0 Å². The lowest BCUT2D eigenvalue weighted by Crippen LogP contribution is -2.26. The number of aromatic nitrogens is 2. The number of hydrogen-bond acceptors (Lipinski definition) is 3. The number of anilines is 1. The van der Waals surface area contributed by atoms with E-state index in [2.05, 4.69) is 27.9 Å². The molecule has 3 rings (SSSR count). The van der Waals surface area contributed by atoms with E-state index < -0.39 is 0 Å². The van der Waals surface area contributed by atoms with Crippen LogP contribution in [0.5, 0.6) is 0 Å². The third-order valence-corrected chi connectivity index (χ3v) is 3.33. The number of hydrogen-bond donors (Lipinski definition) is 0. The van der Waals surface area contributed by atoms with Gasteiger partial charge in [0, 0.05) is 18.0 Å². The Balaban J connectivity index is 2.19. The third-order valence-electron chi connectivity index (χ3n) is 3.16. The van der Waals surface area contributed by atoms with Gasteiger partial charge in [0.2, 0.25) is 5.28 Å². The summed E-state index contributed by atoms with van der Waals surface area (Å²) in [5, 5.41) is 1.42. The molecule has 0 N–H and O–H groups in total. The van der Waals surface area contributed by atoms with Gasteiger partial charge in [-0.2, -0.15) is 4.98 Å². The minimum atomic E-state index is 0.331. The molecule has 0 aliphatic heterocycles. The van der Waals surface area contributed by atoms with Crippen molar-refractivity contribution in [2.45, 2.75) is 25.8 Å². The van der Waals surface area contributed by atoms with E-state index in [1.807, 2.05) is 18.2 Å². The first-order chi connectivity index (χ1) is 8.29. The summed E-state index contributed by atoms with van der Waals surface area (Å²) in [7, 11) is 0. The van der Waals surface area contributed by atoms with Gasteiger partial charge in [-0.3, -0.25) is 0 Å². The third kappa shape index (κ3) is 1.95. The molecule has 0 bridgehead atoms. The Morgan fingerprint density at radius 2 is 2.06 bits per heavy atom. The maximum Gasteiger partial charge on any atom is 0.224 e. The van der Waals surface area contributed by atoms with Crippen LogP contribution in [-0.4, -0.2) is 22.6 Å². The summed E-state index contributed by atoms with van der Waals surface area (Å²) in [6.45, 7) is 3.12. The van der Waals surface area contributed by atoms with Gasteiger partial charge in [-0.25, -0.2) is 4.98 Å². The van der Waals surface area contributed by atoms with E-state index in [-0.39, 0.29) is 0 Å². The van der Waals surface area contributed by atoms with Gasteiger partial charge in [-0.15, -0.1) is 0 Å². The summed E-state index contributed by atoms with van der Waals surface area (Å²) in [4.78, 5) is 11.0. The Hall–Kier alpha value is -1.35. The zero-order chi connectivity index (χ0) is 11.8. The van der Waals surface area contributed by atoms with Gasteiger partial charge in [0.25, 0.3) is 0 Å². The molecule has 0 saturated heterocycles. The van der Waals surface area contributed by atoms with E-state index in [1.54, 1.807) is 0 Å². The first-order valence-corrected chi connectivity index (χ1v) is 6.36. The monoisotopic (exact) mass is 247 g/mol. The quantitative estimate of drug-likeness (QED) is 0.780. The number of rotatable bonds is 3. The zero-order valence-electron chi connectivity index (χ0n) is 9.73. The van der Waals surface area contributed by atoms with Crippen LogP contribution in [0.3, 0.4) is 0 Å². The zero-order valence-corrected chi connectivity index (χ0v) is 10.5. The van der Waals surface area contributed by atoms with Crippen molar-refractivity contribution in [3.8, 4) is 0 Å². The van der Waals surface area contributed by atoms with Crippen molar-refractivity contribution in [3.05, 3.63) is 29.5 Å². The van der Waals surface area contributed by atoms with Crippen molar-refractivity contribution in [3.63, 3.8) is 0 Å². The SMILES string of the molecule is CCN(c1nc(Cl)nc2ccccc12)C1CC1. The number of fused-ring (bicyclic) bond motifs is 1. The molecule has 17 heavy (non-hydrogen) atoms. The molecule has 2 aromatic rings. The summed E-state index contributed by atoms with van der Waals surface area (Å²) in [5.41, 5.74) is 0.918. The van der Waals surface area contributed by atoms with Crippen molar-refractivity contribution in [1.82, 2.24) is 9.97 Å². The Morgan fingerprint density at radius 3 is 2.76 bits per heavy atom. The van der Waals surface area contributed by atoms with E-state index >= 15 is 0 Å². The maximum atomic E-state index is 6.00. The fraction of sp³-hybridized carbons (Fsp3) is 0.385. The van der Waals surface area contributed by atoms with Gasteiger partial charge < -0.3 is 4.90 Å². The number of nitrogens with zero attached hydrogens (tertiary/aromatic N) is 3.